The second kappa shape index (κ2) is 7.74. The van der Waals surface area contributed by atoms with Gasteiger partial charge < -0.3 is 18.9 Å². The maximum absolute atomic E-state index is 11.3. The SMILES string of the molecule is CC(=O)OC[C@H]1O[C@H](Br)[C@H](C)[C@@H](OC(C)=O)[C@H]1OC(C)=O. The number of ether oxygens (including phenoxy) is 4. The van der Waals surface area contributed by atoms with Crippen molar-refractivity contribution >= 4 is 33.8 Å². The van der Waals surface area contributed by atoms with E-state index >= 15 is 0 Å². The highest BCUT2D eigenvalue weighted by Gasteiger charge is 2.47. The van der Waals surface area contributed by atoms with Crippen LogP contribution in [0.15, 0.2) is 0 Å². The van der Waals surface area contributed by atoms with Crippen LogP contribution in [0.3, 0.4) is 0 Å². The van der Waals surface area contributed by atoms with Crippen LogP contribution >= 0.6 is 15.9 Å². The second-order valence-corrected chi connectivity index (χ2v) is 5.74. The standard InChI is InChI=1S/C13H19BrO7/c1-6-11(19-8(3)16)12(20-9(4)17)10(21-13(6)14)5-18-7(2)15/h6,10-13H,5H2,1-4H3/t6-,10-,11-,12+,13+/m1/s1. The summed E-state index contributed by atoms with van der Waals surface area (Å²) < 4.78 is 21.0. The average Bonchev–Trinajstić information content (AvgIpc) is 2.35. The quantitative estimate of drug-likeness (QED) is 0.419. The van der Waals surface area contributed by atoms with E-state index in [9.17, 15) is 14.4 Å². The molecule has 1 aliphatic rings. The minimum atomic E-state index is -0.838. The lowest BCUT2D eigenvalue weighted by Crippen LogP contribution is -2.56. The molecule has 21 heavy (non-hydrogen) atoms. The number of halogens is 1. The first-order valence-electron chi connectivity index (χ1n) is 6.49. The van der Waals surface area contributed by atoms with Gasteiger partial charge in [0.25, 0.3) is 0 Å². The topological polar surface area (TPSA) is 88.1 Å². The number of hydrogen-bond donors (Lipinski definition) is 0. The molecule has 0 unspecified atom stereocenters. The van der Waals surface area contributed by atoms with Crippen molar-refractivity contribution in [2.75, 3.05) is 6.61 Å². The third kappa shape index (κ3) is 5.28. The van der Waals surface area contributed by atoms with Crippen molar-refractivity contribution in [2.24, 2.45) is 5.92 Å². The van der Waals surface area contributed by atoms with Crippen LogP contribution in [0.2, 0.25) is 0 Å². The van der Waals surface area contributed by atoms with Crippen LogP contribution in [0.1, 0.15) is 27.7 Å². The Balaban J connectivity index is 2.94. The molecule has 0 aliphatic carbocycles. The number of alkyl halides is 1. The molecule has 0 N–H and O–H groups in total. The molecule has 0 bridgehead atoms. The molecule has 7 nitrogen and oxygen atoms in total. The smallest absolute Gasteiger partial charge is 0.303 e. The maximum Gasteiger partial charge on any atom is 0.303 e. The predicted octanol–water partition coefficient (Wildman–Crippen LogP) is 1.17. The van der Waals surface area contributed by atoms with E-state index in [-0.39, 0.29) is 12.5 Å². The molecular weight excluding hydrogens is 348 g/mol. The highest BCUT2D eigenvalue weighted by Crippen LogP contribution is 2.33. The van der Waals surface area contributed by atoms with Gasteiger partial charge in [-0.3, -0.25) is 14.4 Å². The van der Waals surface area contributed by atoms with E-state index in [4.69, 9.17) is 18.9 Å². The van der Waals surface area contributed by atoms with E-state index in [1.807, 2.05) is 0 Å². The van der Waals surface area contributed by atoms with Crippen LogP contribution < -0.4 is 0 Å². The summed E-state index contributed by atoms with van der Waals surface area (Å²) in [7, 11) is 0. The Bertz CT molecular complexity index is 411. The van der Waals surface area contributed by atoms with Gasteiger partial charge in [-0.1, -0.05) is 22.9 Å². The number of rotatable bonds is 4. The second-order valence-electron chi connectivity index (χ2n) is 4.84. The van der Waals surface area contributed by atoms with E-state index in [1.165, 1.54) is 20.8 Å². The zero-order valence-electron chi connectivity index (χ0n) is 12.3. The minimum Gasteiger partial charge on any atom is -0.463 e. The lowest BCUT2D eigenvalue weighted by Gasteiger charge is -2.42. The molecule has 0 saturated carbocycles. The van der Waals surface area contributed by atoms with Crippen LogP contribution in [-0.2, 0) is 33.3 Å². The van der Waals surface area contributed by atoms with Crippen molar-refractivity contribution in [3.05, 3.63) is 0 Å². The zero-order chi connectivity index (χ0) is 16.2. The summed E-state index contributed by atoms with van der Waals surface area (Å²) in [6, 6.07) is 0. The molecule has 0 radical (unpaired) electrons. The van der Waals surface area contributed by atoms with Gasteiger partial charge in [-0.05, 0) is 0 Å². The van der Waals surface area contributed by atoms with E-state index in [1.54, 1.807) is 6.92 Å². The van der Waals surface area contributed by atoms with Gasteiger partial charge >= 0.3 is 17.9 Å². The Morgan fingerprint density at radius 2 is 1.52 bits per heavy atom. The summed E-state index contributed by atoms with van der Waals surface area (Å²) in [5.74, 6) is -1.74. The summed E-state index contributed by atoms with van der Waals surface area (Å²) in [4.78, 5) is 33.5. The lowest BCUT2D eigenvalue weighted by molar-refractivity contribution is -0.216. The van der Waals surface area contributed by atoms with Gasteiger partial charge in [0.05, 0.1) is 0 Å². The van der Waals surface area contributed by atoms with Crippen molar-refractivity contribution in [1.29, 1.82) is 0 Å². The molecule has 0 spiro atoms. The van der Waals surface area contributed by atoms with Gasteiger partial charge in [-0.25, -0.2) is 0 Å². The third-order valence-corrected chi connectivity index (χ3v) is 4.03. The van der Waals surface area contributed by atoms with Crippen LogP contribution in [-0.4, -0.2) is 47.8 Å². The molecule has 0 amide bonds. The van der Waals surface area contributed by atoms with Crippen molar-refractivity contribution in [3.63, 3.8) is 0 Å². The van der Waals surface area contributed by atoms with E-state index < -0.39 is 41.2 Å². The number of carbonyl (C=O) groups excluding carboxylic acids is 3. The number of hydrogen-bond acceptors (Lipinski definition) is 7. The Morgan fingerprint density at radius 1 is 1.00 bits per heavy atom. The molecule has 1 saturated heterocycles. The van der Waals surface area contributed by atoms with Crippen LogP contribution in [0.4, 0.5) is 0 Å². The van der Waals surface area contributed by atoms with Gasteiger partial charge in [0.1, 0.15) is 23.8 Å². The molecule has 1 aliphatic heterocycles. The molecule has 120 valence electrons. The van der Waals surface area contributed by atoms with Gasteiger partial charge in [-0.15, -0.1) is 0 Å². The summed E-state index contributed by atoms with van der Waals surface area (Å²) >= 11 is 3.33. The first-order valence-corrected chi connectivity index (χ1v) is 7.41. The van der Waals surface area contributed by atoms with Gasteiger partial charge in [-0.2, -0.15) is 0 Å². The molecule has 1 heterocycles. The number of carbonyl (C=O) groups is 3. The molecule has 0 aromatic heterocycles. The van der Waals surface area contributed by atoms with Crippen LogP contribution in [0.5, 0.6) is 0 Å². The van der Waals surface area contributed by atoms with Crippen molar-refractivity contribution < 1.29 is 33.3 Å². The summed E-state index contributed by atoms with van der Waals surface area (Å²) in [6.07, 6.45) is -2.25. The molecule has 0 aromatic rings. The molecule has 0 aromatic carbocycles. The molecule has 5 atom stereocenters. The fourth-order valence-corrected chi connectivity index (χ4v) is 2.64. The summed E-state index contributed by atoms with van der Waals surface area (Å²) in [5.41, 5.74) is 0. The highest BCUT2D eigenvalue weighted by molar-refractivity contribution is 9.09. The zero-order valence-corrected chi connectivity index (χ0v) is 13.9. The van der Waals surface area contributed by atoms with Crippen LogP contribution in [0, 0.1) is 5.92 Å². The van der Waals surface area contributed by atoms with Crippen molar-refractivity contribution in [2.45, 2.75) is 51.0 Å². The lowest BCUT2D eigenvalue weighted by atomic mass is 9.93. The van der Waals surface area contributed by atoms with Crippen molar-refractivity contribution in [3.8, 4) is 0 Å². The molecule has 8 heteroatoms. The average molecular weight is 367 g/mol. The Labute approximate surface area is 131 Å². The molecule has 1 fully saturated rings. The van der Waals surface area contributed by atoms with Crippen molar-refractivity contribution in [1.82, 2.24) is 0 Å². The molecular formula is C13H19BrO7. The Kier molecular flexibility index (Phi) is 6.60. The monoisotopic (exact) mass is 366 g/mol. The summed E-state index contributed by atoms with van der Waals surface area (Å²) in [6.45, 7) is 5.49. The first kappa shape index (κ1) is 17.9. The van der Waals surface area contributed by atoms with Gasteiger partial charge in [0.2, 0.25) is 0 Å². The van der Waals surface area contributed by atoms with E-state index in [0.717, 1.165) is 0 Å². The van der Waals surface area contributed by atoms with E-state index in [0.29, 0.717) is 0 Å². The fraction of sp³-hybridized carbons (Fsp3) is 0.769. The largest absolute Gasteiger partial charge is 0.463 e. The fourth-order valence-electron chi connectivity index (χ4n) is 2.06. The first-order chi connectivity index (χ1) is 9.72. The third-order valence-electron chi connectivity index (χ3n) is 2.98. The Hall–Kier alpha value is -1.15. The highest BCUT2D eigenvalue weighted by atomic mass is 79.9. The van der Waals surface area contributed by atoms with E-state index in [2.05, 4.69) is 15.9 Å². The summed E-state index contributed by atoms with van der Waals surface area (Å²) in [5, 5.41) is -0.422. The number of esters is 3. The minimum absolute atomic E-state index is 0.0974. The van der Waals surface area contributed by atoms with Gasteiger partial charge in [0.15, 0.2) is 6.10 Å². The maximum atomic E-state index is 11.3. The Morgan fingerprint density at radius 3 is 2.00 bits per heavy atom. The van der Waals surface area contributed by atoms with Gasteiger partial charge in [0, 0.05) is 26.7 Å². The molecule has 1 rings (SSSR count). The normalized spacial score (nSPS) is 32.1. The predicted molar refractivity (Wildman–Crippen MR) is 74.5 cm³/mol. The van der Waals surface area contributed by atoms with Crippen LogP contribution in [0.25, 0.3) is 0 Å².